The molecule has 0 atom stereocenters. The molecule has 1 aromatic carbocycles. The molecule has 1 fully saturated rings. The zero-order chi connectivity index (χ0) is 15.2. The summed E-state index contributed by atoms with van der Waals surface area (Å²) >= 11 is 3.37. The topological polar surface area (TPSA) is 49.4 Å². The first kappa shape index (κ1) is 16.0. The number of nitrogens with zero attached hydrogens (tertiary/aromatic N) is 1. The van der Waals surface area contributed by atoms with E-state index in [0.29, 0.717) is 19.5 Å². The van der Waals surface area contributed by atoms with Gasteiger partial charge in [0, 0.05) is 35.6 Å². The van der Waals surface area contributed by atoms with Gasteiger partial charge in [0.25, 0.3) is 0 Å². The van der Waals surface area contributed by atoms with Crippen molar-refractivity contribution in [2.75, 3.05) is 18.4 Å². The molecule has 0 aliphatic carbocycles. The largest absolute Gasteiger partial charge is 0.343 e. The van der Waals surface area contributed by atoms with Crippen LogP contribution in [0.1, 0.15) is 32.6 Å². The molecule has 5 heteroatoms. The average molecular weight is 353 g/mol. The van der Waals surface area contributed by atoms with Gasteiger partial charge in [0.05, 0.1) is 0 Å². The molecule has 0 bridgehead atoms. The van der Waals surface area contributed by atoms with Crippen LogP contribution in [0.5, 0.6) is 0 Å². The number of anilines is 1. The Morgan fingerprint density at radius 2 is 1.86 bits per heavy atom. The third-order valence-electron chi connectivity index (χ3n) is 3.79. The van der Waals surface area contributed by atoms with Gasteiger partial charge in [0.2, 0.25) is 11.8 Å². The summed E-state index contributed by atoms with van der Waals surface area (Å²) < 4.78 is 0.989. The summed E-state index contributed by atoms with van der Waals surface area (Å²) in [6, 6.07) is 7.56. The van der Waals surface area contributed by atoms with Gasteiger partial charge < -0.3 is 10.2 Å². The van der Waals surface area contributed by atoms with E-state index in [-0.39, 0.29) is 17.7 Å². The third-order valence-corrected chi connectivity index (χ3v) is 4.32. The van der Waals surface area contributed by atoms with Gasteiger partial charge in [-0.3, -0.25) is 9.59 Å². The smallest absolute Gasteiger partial charge is 0.227 e. The van der Waals surface area contributed by atoms with Crippen molar-refractivity contribution in [3.05, 3.63) is 28.7 Å². The summed E-state index contributed by atoms with van der Waals surface area (Å²) in [6.45, 7) is 3.39. The highest BCUT2D eigenvalue weighted by molar-refractivity contribution is 9.10. The highest BCUT2D eigenvalue weighted by Gasteiger charge is 2.26. The first-order valence-corrected chi connectivity index (χ1v) is 8.23. The quantitative estimate of drug-likeness (QED) is 0.902. The first-order chi connectivity index (χ1) is 10.1. The lowest BCUT2D eigenvalue weighted by Gasteiger charge is -2.31. The number of nitrogens with one attached hydrogen (secondary N) is 1. The number of carbonyl (C=O) groups is 2. The molecule has 1 aromatic rings. The molecule has 4 nitrogen and oxygen atoms in total. The van der Waals surface area contributed by atoms with E-state index >= 15 is 0 Å². The fourth-order valence-corrected chi connectivity index (χ4v) is 2.80. The lowest BCUT2D eigenvalue weighted by Crippen LogP contribution is -2.41. The fraction of sp³-hybridized carbons (Fsp3) is 0.500. The molecule has 0 radical (unpaired) electrons. The van der Waals surface area contributed by atoms with E-state index in [1.54, 1.807) is 0 Å². The molecule has 1 N–H and O–H groups in total. The maximum absolute atomic E-state index is 12.2. The minimum Gasteiger partial charge on any atom is -0.343 e. The minimum absolute atomic E-state index is 0.000627. The van der Waals surface area contributed by atoms with Gasteiger partial charge >= 0.3 is 0 Å². The Morgan fingerprint density at radius 3 is 2.43 bits per heavy atom. The minimum atomic E-state index is -0.000627. The maximum atomic E-state index is 12.2. The van der Waals surface area contributed by atoms with E-state index in [4.69, 9.17) is 0 Å². The molecule has 0 saturated carbocycles. The van der Waals surface area contributed by atoms with Crippen molar-refractivity contribution in [1.29, 1.82) is 0 Å². The van der Waals surface area contributed by atoms with Gasteiger partial charge in [-0.2, -0.15) is 0 Å². The van der Waals surface area contributed by atoms with Crippen LogP contribution in [0.25, 0.3) is 0 Å². The summed E-state index contributed by atoms with van der Waals surface area (Å²) in [5.74, 6) is 0.267. The average Bonchev–Trinajstić information content (AvgIpc) is 2.50. The Kier molecular flexibility index (Phi) is 5.79. The summed E-state index contributed by atoms with van der Waals surface area (Å²) in [5.41, 5.74) is 0.813. The monoisotopic (exact) mass is 352 g/mol. The van der Waals surface area contributed by atoms with Gasteiger partial charge in [0.15, 0.2) is 0 Å². The standard InChI is InChI=1S/C16H21BrN2O2/c1-2-3-15(20)19-10-8-12(9-11-19)16(21)18-14-6-4-13(17)5-7-14/h4-7,12H,2-3,8-11H2,1H3,(H,18,21). The molecule has 1 heterocycles. The summed E-state index contributed by atoms with van der Waals surface area (Å²) in [4.78, 5) is 25.9. The molecule has 1 aliphatic heterocycles. The molecule has 0 aromatic heterocycles. The first-order valence-electron chi connectivity index (χ1n) is 7.44. The van der Waals surface area contributed by atoms with Crippen molar-refractivity contribution in [3.8, 4) is 0 Å². The van der Waals surface area contributed by atoms with Crippen LogP contribution in [-0.2, 0) is 9.59 Å². The van der Waals surface area contributed by atoms with Crippen molar-refractivity contribution >= 4 is 33.4 Å². The molecule has 2 rings (SSSR count). The van der Waals surface area contributed by atoms with Crippen LogP contribution in [0.15, 0.2) is 28.7 Å². The Balaban J connectivity index is 1.83. The Bertz CT molecular complexity index is 494. The number of halogens is 1. The van der Waals surface area contributed by atoms with Crippen LogP contribution in [-0.4, -0.2) is 29.8 Å². The maximum Gasteiger partial charge on any atom is 0.227 e. The zero-order valence-electron chi connectivity index (χ0n) is 12.3. The van der Waals surface area contributed by atoms with Gasteiger partial charge in [-0.25, -0.2) is 0 Å². The molecular formula is C16H21BrN2O2. The number of hydrogen-bond acceptors (Lipinski definition) is 2. The third kappa shape index (κ3) is 4.56. The molecule has 1 saturated heterocycles. The van der Waals surface area contributed by atoms with Gasteiger partial charge in [0.1, 0.15) is 0 Å². The Morgan fingerprint density at radius 1 is 1.24 bits per heavy atom. The number of hydrogen-bond donors (Lipinski definition) is 1. The number of piperidine rings is 1. The highest BCUT2D eigenvalue weighted by Crippen LogP contribution is 2.21. The van der Waals surface area contributed by atoms with Crippen LogP contribution in [0.4, 0.5) is 5.69 Å². The van der Waals surface area contributed by atoms with E-state index in [1.165, 1.54) is 0 Å². The molecule has 0 unspecified atom stereocenters. The van der Waals surface area contributed by atoms with E-state index in [1.807, 2.05) is 36.1 Å². The van der Waals surface area contributed by atoms with Crippen LogP contribution >= 0.6 is 15.9 Å². The van der Waals surface area contributed by atoms with E-state index in [0.717, 1.165) is 29.4 Å². The molecule has 1 aliphatic rings. The molecular weight excluding hydrogens is 332 g/mol. The highest BCUT2D eigenvalue weighted by atomic mass is 79.9. The second-order valence-electron chi connectivity index (χ2n) is 5.40. The van der Waals surface area contributed by atoms with Crippen LogP contribution in [0, 0.1) is 5.92 Å². The number of carbonyl (C=O) groups excluding carboxylic acids is 2. The van der Waals surface area contributed by atoms with Crippen LogP contribution < -0.4 is 5.32 Å². The number of benzene rings is 1. The van der Waals surface area contributed by atoms with Crippen molar-refractivity contribution in [1.82, 2.24) is 4.90 Å². The van der Waals surface area contributed by atoms with Crippen LogP contribution in [0.2, 0.25) is 0 Å². The van der Waals surface area contributed by atoms with Crippen LogP contribution in [0.3, 0.4) is 0 Å². The van der Waals surface area contributed by atoms with Crippen molar-refractivity contribution in [2.24, 2.45) is 5.92 Å². The van der Waals surface area contributed by atoms with Crippen molar-refractivity contribution in [2.45, 2.75) is 32.6 Å². The lowest BCUT2D eigenvalue weighted by molar-refractivity contribution is -0.134. The molecule has 0 spiro atoms. The number of likely N-dealkylation sites (tertiary alicyclic amines) is 1. The van der Waals surface area contributed by atoms with Gasteiger partial charge in [-0.05, 0) is 43.5 Å². The zero-order valence-corrected chi connectivity index (χ0v) is 13.9. The summed E-state index contributed by atoms with van der Waals surface area (Å²) in [5, 5.41) is 2.94. The second-order valence-corrected chi connectivity index (χ2v) is 6.32. The van der Waals surface area contributed by atoms with E-state index in [2.05, 4.69) is 21.2 Å². The molecule has 21 heavy (non-hydrogen) atoms. The normalized spacial score (nSPS) is 15.8. The molecule has 114 valence electrons. The van der Waals surface area contributed by atoms with Crippen molar-refractivity contribution < 1.29 is 9.59 Å². The lowest BCUT2D eigenvalue weighted by atomic mass is 9.95. The van der Waals surface area contributed by atoms with Gasteiger partial charge in [-0.15, -0.1) is 0 Å². The van der Waals surface area contributed by atoms with E-state index < -0.39 is 0 Å². The summed E-state index contributed by atoms with van der Waals surface area (Å²) in [6.07, 6.45) is 2.98. The van der Waals surface area contributed by atoms with Crippen molar-refractivity contribution in [3.63, 3.8) is 0 Å². The predicted octanol–water partition coefficient (Wildman–Crippen LogP) is 3.43. The molecule has 2 amide bonds. The summed E-state index contributed by atoms with van der Waals surface area (Å²) in [7, 11) is 0. The Hall–Kier alpha value is -1.36. The predicted molar refractivity (Wildman–Crippen MR) is 87.0 cm³/mol. The fourth-order valence-electron chi connectivity index (χ4n) is 2.54. The number of rotatable bonds is 4. The number of amides is 2. The SMILES string of the molecule is CCCC(=O)N1CCC(C(=O)Nc2ccc(Br)cc2)CC1. The van der Waals surface area contributed by atoms with E-state index in [9.17, 15) is 9.59 Å². The second kappa shape index (κ2) is 7.59. The van der Waals surface area contributed by atoms with Gasteiger partial charge in [-0.1, -0.05) is 22.9 Å². The Labute approximate surface area is 134 Å².